The Morgan fingerprint density at radius 2 is 1.83 bits per heavy atom. The summed E-state index contributed by atoms with van der Waals surface area (Å²) in [6.07, 6.45) is 3.07. The second-order valence-electron chi connectivity index (χ2n) is 6.22. The zero-order chi connectivity index (χ0) is 16.8. The molecule has 1 heterocycles. The van der Waals surface area contributed by atoms with Crippen LogP contribution in [0.4, 0.5) is 0 Å². The molecule has 0 atom stereocenters. The molecule has 1 aromatic carbocycles. The summed E-state index contributed by atoms with van der Waals surface area (Å²) in [7, 11) is 1.84. The predicted octanol–water partition coefficient (Wildman–Crippen LogP) is 1.80. The quantitative estimate of drug-likeness (QED) is 0.869. The Bertz CT molecular complexity index is 551. The minimum Gasteiger partial charge on any atom is -0.480 e. The summed E-state index contributed by atoms with van der Waals surface area (Å²) in [6.45, 7) is 3.58. The van der Waals surface area contributed by atoms with E-state index >= 15 is 0 Å². The molecule has 1 fully saturated rings. The van der Waals surface area contributed by atoms with Crippen LogP contribution >= 0.6 is 0 Å². The normalized spacial score (nSPS) is 15.9. The standard InChI is InChI=1S/C18H26N2O3/c1-3-14-6-4-5-7-15(14)12-17(21)20-10-8-16(9-11-20)19(2)13-18(22)23/h4-7,16H,3,8-13H2,1-2H3,(H,22,23). The minimum atomic E-state index is -0.804. The molecule has 0 bridgehead atoms. The first kappa shape index (κ1) is 17.5. The molecule has 0 saturated carbocycles. The van der Waals surface area contributed by atoms with E-state index < -0.39 is 5.97 Å². The van der Waals surface area contributed by atoms with Gasteiger partial charge in [-0.3, -0.25) is 14.5 Å². The summed E-state index contributed by atoms with van der Waals surface area (Å²) in [4.78, 5) is 27.1. The maximum absolute atomic E-state index is 12.5. The largest absolute Gasteiger partial charge is 0.480 e. The highest BCUT2D eigenvalue weighted by Gasteiger charge is 2.26. The number of amides is 1. The lowest BCUT2D eigenvalue weighted by Crippen LogP contribution is -2.47. The maximum atomic E-state index is 12.5. The summed E-state index contributed by atoms with van der Waals surface area (Å²) >= 11 is 0. The minimum absolute atomic E-state index is 0.0580. The van der Waals surface area contributed by atoms with Gasteiger partial charge in [0.25, 0.3) is 0 Å². The van der Waals surface area contributed by atoms with Crippen LogP contribution in [-0.4, -0.2) is 59.5 Å². The molecule has 1 aliphatic rings. The van der Waals surface area contributed by atoms with Crippen molar-refractivity contribution in [1.29, 1.82) is 0 Å². The van der Waals surface area contributed by atoms with Gasteiger partial charge in [0, 0.05) is 19.1 Å². The van der Waals surface area contributed by atoms with Crippen molar-refractivity contribution in [2.75, 3.05) is 26.7 Å². The number of aliphatic carboxylic acids is 1. The van der Waals surface area contributed by atoms with Crippen LogP contribution in [0.25, 0.3) is 0 Å². The van der Waals surface area contributed by atoms with Crippen molar-refractivity contribution in [3.63, 3.8) is 0 Å². The third-order valence-corrected chi connectivity index (χ3v) is 4.67. The zero-order valence-corrected chi connectivity index (χ0v) is 14.0. The number of carbonyl (C=O) groups is 2. The van der Waals surface area contributed by atoms with Gasteiger partial charge in [0.1, 0.15) is 0 Å². The van der Waals surface area contributed by atoms with Crippen LogP contribution in [0.5, 0.6) is 0 Å². The molecule has 1 saturated heterocycles. The Kier molecular flexibility index (Phi) is 6.16. The third-order valence-electron chi connectivity index (χ3n) is 4.67. The van der Waals surface area contributed by atoms with Crippen molar-refractivity contribution in [3.8, 4) is 0 Å². The molecule has 2 rings (SSSR count). The van der Waals surface area contributed by atoms with Crippen molar-refractivity contribution in [2.45, 2.75) is 38.6 Å². The van der Waals surface area contributed by atoms with E-state index in [0.29, 0.717) is 19.5 Å². The van der Waals surface area contributed by atoms with Crippen LogP contribution < -0.4 is 0 Å². The number of benzene rings is 1. The van der Waals surface area contributed by atoms with Crippen LogP contribution in [0.1, 0.15) is 30.9 Å². The van der Waals surface area contributed by atoms with E-state index in [0.717, 1.165) is 24.8 Å². The number of likely N-dealkylation sites (tertiary alicyclic amines) is 1. The number of carboxylic acids is 1. The van der Waals surface area contributed by atoms with Gasteiger partial charge in [-0.05, 0) is 37.4 Å². The molecule has 0 radical (unpaired) electrons. The van der Waals surface area contributed by atoms with Crippen LogP contribution in [0, 0.1) is 0 Å². The van der Waals surface area contributed by atoms with Crippen molar-refractivity contribution < 1.29 is 14.7 Å². The number of carbonyl (C=O) groups excluding carboxylic acids is 1. The number of hydrogen-bond donors (Lipinski definition) is 1. The fourth-order valence-electron chi connectivity index (χ4n) is 3.25. The van der Waals surface area contributed by atoms with E-state index in [1.54, 1.807) is 0 Å². The molecule has 23 heavy (non-hydrogen) atoms. The van der Waals surface area contributed by atoms with Gasteiger partial charge in [0.15, 0.2) is 0 Å². The van der Waals surface area contributed by atoms with Gasteiger partial charge in [0.2, 0.25) is 5.91 Å². The van der Waals surface area contributed by atoms with Gasteiger partial charge >= 0.3 is 5.97 Å². The summed E-state index contributed by atoms with van der Waals surface area (Å²) in [5.41, 5.74) is 2.35. The van der Waals surface area contributed by atoms with Crippen molar-refractivity contribution in [2.24, 2.45) is 0 Å². The fourth-order valence-corrected chi connectivity index (χ4v) is 3.25. The first-order valence-electron chi connectivity index (χ1n) is 8.27. The average Bonchev–Trinajstić information content (AvgIpc) is 2.55. The summed E-state index contributed by atoms with van der Waals surface area (Å²) in [6, 6.07) is 8.35. The van der Waals surface area contributed by atoms with Gasteiger partial charge in [0.05, 0.1) is 13.0 Å². The van der Waals surface area contributed by atoms with Crippen molar-refractivity contribution in [3.05, 3.63) is 35.4 Å². The molecule has 0 unspecified atom stereocenters. The van der Waals surface area contributed by atoms with E-state index in [-0.39, 0.29) is 18.5 Å². The number of aryl methyl sites for hydroxylation is 1. The van der Waals surface area contributed by atoms with E-state index in [9.17, 15) is 9.59 Å². The Morgan fingerprint density at radius 3 is 2.39 bits per heavy atom. The number of rotatable bonds is 6. The van der Waals surface area contributed by atoms with Crippen molar-refractivity contribution in [1.82, 2.24) is 9.80 Å². The molecule has 126 valence electrons. The summed E-state index contributed by atoms with van der Waals surface area (Å²) < 4.78 is 0. The molecule has 1 N–H and O–H groups in total. The molecule has 0 spiro atoms. The van der Waals surface area contributed by atoms with Gasteiger partial charge in [-0.2, -0.15) is 0 Å². The van der Waals surface area contributed by atoms with Crippen LogP contribution in [0.3, 0.4) is 0 Å². The van der Waals surface area contributed by atoms with E-state index in [1.165, 1.54) is 5.56 Å². The smallest absolute Gasteiger partial charge is 0.317 e. The molecule has 1 aliphatic heterocycles. The topological polar surface area (TPSA) is 60.9 Å². The van der Waals surface area contributed by atoms with Gasteiger partial charge in [-0.25, -0.2) is 0 Å². The fraction of sp³-hybridized carbons (Fsp3) is 0.556. The highest BCUT2D eigenvalue weighted by atomic mass is 16.4. The monoisotopic (exact) mass is 318 g/mol. The van der Waals surface area contributed by atoms with Gasteiger partial charge in [-0.1, -0.05) is 31.2 Å². The molecule has 5 nitrogen and oxygen atoms in total. The summed E-state index contributed by atoms with van der Waals surface area (Å²) in [5, 5.41) is 8.86. The summed E-state index contributed by atoms with van der Waals surface area (Å²) in [5.74, 6) is -0.632. The lowest BCUT2D eigenvalue weighted by molar-refractivity contribution is -0.139. The number of hydrogen-bond acceptors (Lipinski definition) is 3. The van der Waals surface area contributed by atoms with Crippen LogP contribution in [-0.2, 0) is 22.4 Å². The second-order valence-corrected chi connectivity index (χ2v) is 6.22. The molecular formula is C18H26N2O3. The Hall–Kier alpha value is -1.88. The molecule has 5 heteroatoms. The number of nitrogens with zero attached hydrogens (tertiary/aromatic N) is 2. The highest BCUT2D eigenvalue weighted by molar-refractivity contribution is 5.79. The predicted molar refractivity (Wildman–Crippen MR) is 89.4 cm³/mol. The molecule has 0 aliphatic carbocycles. The maximum Gasteiger partial charge on any atom is 0.317 e. The average molecular weight is 318 g/mol. The lowest BCUT2D eigenvalue weighted by Gasteiger charge is -2.36. The van der Waals surface area contributed by atoms with E-state index in [1.807, 2.05) is 35.0 Å². The first-order valence-corrected chi connectivity index (χ1v) is 8.27. The second kappa shape index (κ2) is 8.11. The number of carboxylic acid groups (broad SMARTS) is 1. The van der Waals surface area contributed by atoms with Crippen LogP contribution in [0.15, 0.2) is 24.3 Å². The molecule has 1 aromatic rings. The number of piperidine rings is 1. The Balaban J connectivity index is 1.87. The Morgan fingerprint density at radius 1 is 1.22 bits per heavy atom. The van der Waals surface area contributed by atoms with Gasteiger partial charge < -0.3 is 10.0 Å². The SMILES string of the molecule is CCc1ccccc1CC(=O)N1CCC(N(C)CC(=O)O)CC1. The number of likely N-dealkylation sites (N-methyl/N-ethyl adjacent to an activating group) is 1. The first-order chi connectivity index (χ1) is 11.0. The molecular weight excluding hydrogens is 292 g/mol. The molecule has 0 aromatic heterocycles. The lowest BCUT2D eigenvalue weighted by atomic mass is 10.00. The highest BCUT2D eigenvalue weighted by Crippen LogP contribution is 2.17. The van der Waals surface area contributed by atoms with Crippen LogP contribution in [0.2, 0.25) is 0 Å². The van der Waals surface area contributed by atoms with E-state index in [4.69, 9.17) is 5.11 Å². The van der Waals surface area contributed by atoms with Gasteiger partial charge in [-0.15, -0.1) is 0 Å². The van der Waals surface area contributed by atoms with Crippen molar-refractivity contribution >= 4 is 11.9 Å². The zero-order valence-electron chi connectivity index (χ0n) is 14.0. The van der Waals surface area contributed by atoms with E-state index in [2.05, 4.69) is 13.0 Å². The third kappa shape index (κ3) is 4.79. The molecule has 1 amide bonds. The Labute approximate surface area is 137 Å².